The van der Waals surface area contributed by atoms with Gasteiger partial charge < -0.3 is 0 Å². The average molecular weight is 407 g/mol. The van der Waals surface area contributed by atoms with Crippen LogP contribution in [0.1, 0.15) is 51.3 Å². The number of fused-ring (bicyclic) bond motifs is 1. The highest BCUT2D eigenvalue weighted by Gasteiger charge is 2.36. The van der Waals surface area contributed by atoms with Gasteiger partial charge in [-0.25, -0.2) is 0 Å². The van der Waals surface area contributed by atoms with E-state index in [9.17, 15) is 0 Å². The normalized spacial score (nSPS) is 27.4. The van der Waals surface area contributed by atoms with Crippen molar-refractivity contribution in [1.82, 2.24) is 0 Å². The molecule has 0 heterocycles. The Labute approximate surface area is 166 Å². The Morgan fingerprint density at radius 1 is 0.846 bits per heavy atom. The van der Waals surface area contributed by atoms with Gasteiger partial charge in [-0.15, -0.1) is 0 Å². The summed E-state index contributed by atoms with van der Waals surface area (Å²) in [6, 6.07) is 6.77. The molecule has 0 amide bonds. The van der Waals surface area contributed by atoms with Crippen molar-refractivity contribution in [3.05, 3.63) is 99.1 Å². The molecule has 0 nitrogen and oxygen atoms in total. The van der Waals surface area contributed by atoms with Gasteiger partial charge in [0, 0.05) is 15.3 Å². The van der Waals surface area contributed by atoms with Gasteiger partial charge >= 0.3 is 0 Å². The van der Waals surface area contributed by atoms with E-state index in [1.54, 1.807) is 0 Å². The van der Waals surface area contributed by atoms with Crippen LogP contribution >= 0.6 is 15.9 Å². The maximum Gasteiger partial charge on any atom is 0.0178 e. The molecule has 3 rings (SSSR count). The van der Waals surface area contributed by atoms with Crippen molar-refractivity contribution in [2.45, 2.75) is 45.4 Å². The highest BCUT2D eigenvalue weighted by molar-refractivity contribution is 9.11. The van der Waals surface area contributed by atoms with E-state index in [-0.39, 0.29) is 10.8 Å². The lowest BCUT2D eigenvalue weighted by molar-refractivity contribution is 0.592. The number of rotatable bonds is 2. The monoisotopic (exact) mass is 406 g/mol. The predicted molar refractivity (Wildman–Crippen MR) is 119 cm³/mol. The Balaban J connectivity index is 2.38. The molecule has 0 unspecified atom stereocenters. The number of benzene rings is 1. The van der Waals surface area contributed by atoms with E-state index in [0.29, 0.717) is 0 Å². The molecule has 26 heavy (non-hydrogen) atoms. The first-order chi connectivity index (χ1) is 12.3. The first-order valence-corrected chi connectivity index (χ1v) is 9.99. The third kappa shape index (κ3) is 3.25. The third-order valence-electron chi connectivity index (χ3n) is 5.60. The standard InChI is InChI=1S/C25H27Br/c1-6-7-8-9-11-18-16-19-17-20(26)14-15-21-22(24(18,2)3)12-10-13-23(21)25(19,4)5/h6-17H,1-5H3/b7-6+,9-8-,15-14-,18-11+,19-16-,20-17+. The molecule has 0 atom stereocenters. The van der Waals surface area contributed by atoms with Crippen LogP contribution in [-0.2, 0) is 10.8 Å². The summed E-state index contributed by atoms with van der Waals surface area (Å²) in [5, 5.41) is 0. The quantitative estimate of drug-likeness (QED) is 0.444. The summed E-state index contributed by atoms with van der Waals surface area (Å²) in [4.78, 5) is 0. The van der Waals surface area contributed by atoms with Crippen molar-refractivity contribution in [3.63, 3.8) is 0 Å². The molecule has 0 fully saturated rings. The van der Waals surface area contributed by atoms with Crippen molar-refractivity contribution in [2.75, 3.05) is 0 Å². The molecule has 1 heteroatoms. The van der Waals surface area contributed by atoms with Gasteiger partial charge in [0.25, 0.3) is 0 Å². The lowest BCUT2D eigenvalue weighted by atomic mass is 9.65. The molecule has 1 aromatic rings. The topological polar surface area (TPSA) is 0 Å². The van der Waals surface area contributed by atoms with Crippen LogP contribution in [0.3, 0.4) is 0 Å². The Morgan fingerprint density at radius 3 is 2.23 bits per heavy atom. The SMILES string of the molecule is C/C=C/C=C\C=C1/C=C2/C=C(Br)\C=C/c3c(cccc3C1(C)C)C2(C)C. The summed E-state index contributed by atoms with van der Waals surface area (Å²) >= 11 is 3.72. The molecule has 4 bridgehead atoms. The maximum absolute atomic E-state index is 3.72. The van der Waals surface area contributed by atoms with E-state index in [2.05, 4.69) is 110 Å². The number of allylic oxidation sites excluding steroid dienone is 11. The Bertz CT molecular complexity index is 896. The summed E-state index contributed by atoms with van der Waals surface area (Å²) in [6.45, 7) is 11.3. The zero-order valence-electron chi connectivity index (χ0n) is 16.3. The molecule has 0 aliphatic heterocycles. The van der Waals surface area contributed by atoms with E-state index in [0.717, 1.165) is 4.48 Å². The Kier molecular flexibility index (Phi) is 5.12. The van der Waals surface area contributed by atoms with E-state index in [1.165, 1.54) is 27.8 Å². The van der Waals surface area contributed by atoms with Gasteiger partial charge in [0.05, 0.1) is 0 Å². The van der Waals surface area contributed by atoms with Crippen LogP contribution in [0.5, 0.6) is 0 Å². The lowest BCUT2D eigenvalue weighted by Crippen LogP contribution is -2.30. The van der Waals surface area contributed by atoms with Crippen molar-refractivity contribution < 1.29 is 0 Å². The molecule has 2 aliphatic rings. The second-order valence-corrected chi connectivity index (χ2v) is 8.93. The molecule has 0 saturated heterocycles. The molecule has 0 spiro atoms. The van der Waals surface area contributed by atoms with Crippen molar-refractivity contribution in [2.24, 2.45) is 0 Å². The molecule has 0 aromatic heterocycles. The van der Waals surface area contributed by atoms with Gasteiger partial charge in [-0.1, -0.05) is 104 Å². The van der Waals surface area contributed by atoms with Gasteiger partial charge in [-0.2, -0.15) is 0 Å². The molecule has 2 aliphatic carbocycles. The van der Waals surface area contributed by atoms with Crippen LogP contribution in [0.15, 0.2) is 82.4 Å². The fourth-order valence-corrected chi connectivity index (χ4v) is 4.23. The zero-order chi connectivity index (χ0) is 18.9. The summed E-state index contributed by atoms with van der Waals surface area (Å²) in [7, 11) is 0. The largest absolute Gasteiger partial charge is 0.0877 e. The van der Waals surface area contributed by atoms with E-state index in [4.69, 9.17) is 0 Å². The molecular formula is C25H27Br. The maximum atomic E-state index is 3.72. The van der Waals surface area contributed by atoms with Crippen LogP contribution in [0, 0.1) is 0 Å². The van der Waals surface area contributed by atoms with Gasteiger partial charge in [0.2, 0.25) is 0 Å². The third-order valence-corrected chi connectivity index (χ3v) is 6.09. The fraction of sp³-hybridized carbons (Fsp3) is 0.280. The van der Waals surface area contributed by atoms with Crippen LogP contribution in [0.4, 0.5) is 0 Å². The Hall–Kier alpha value is -1.86. The minimum absolute atomic E-state index is 0.0578. The molecule has 0 radical (unpaired) electrons. The molecule has 1 aromatic carbocycles. The minimum atomic E-state index is -0.0740. The predicted octanol–water partition coefficient (Wildman–Crippen LogP) is 7.55. The van der Waals surface area contributed by atoms with Crippen LogP contribution < -0.4 is 0 Å². The number of hydrogen-bond acceptors (Lipinski definition) is 0. The van der Waals surface area contributed by atoms with Gasteiger partial charge in [0.1, 0.15) is 0 Å². The molecule has 134 valence electrons. The lowest BCUT2D eigenvalue weighted by Gasteiger charge is -2.39. The van der Waals surface area contributed by atoms with Crippen molar-refractivity contribution in [3.8, 4) is 0 Å². The van der Waals surface area contributed by atoms with E-state index in [1.807, 2.05) is 13.0 Å². The first kappa shape index (κ1) is 18.9. The van der Waals surface area contributed by atoms with Gasteiger partial charge in [-0.05, 0) is 46.9 Å². The smallest absolute Gasteiger partial charge is 0.0178 e. The highest BCUT2D eigenvalue weighted by Crippen LogP contribution is 2.47. The summed E-state index contributed by atoms with van der Waals surface area (Å²) in [5.74, 6) is 0. The van der Waals surface area contributed by atoms with Crippen LogP contribution in [-0.4, -0.2) is 0 Å². The highest BCUT2D eigenvalue weighted by atomic mass is 79.9. The zero-order valence-corrected chi connectivity index (χ0v) is 17.9. The molecular weight excluding hydrogens is 380 g/mol. The number of halogens is 1. The number of hydrogen-bond donors (Lipinski definition) is 0. The summed E-state index contributed by atoms with van der Waals surface area (Å²) in [6.07, 6.45) is 19.7. The van der Waals surface area contributed by atoms with Crippen LogP contribution in [0.2, 0.25) is 0 Å². The minimum Gasteiger partial charge on any atom is -0.0877 e. The first-order valence-electron chi connectivity index (χ1n) is 9.20. The van der Waals surface area contributed by atoms with Crippen molar-refractivity contribution in [1.29, 1.82) is 0 Å². The second kappa shape index (κ2) is 7.04. The van der Waals surface area contributed by atoms with Crippen LogP contribution in [0.25, 0.3) is 6.08 Å². The van der Waals surface area contributed by atoms with Crippen molar-refractivity contribution >= 4 is 22.0 Å². The summed E-state index contributed by atoms with van der Waals surface area (Å²) < 4.78 is 1.11. The van der Waals surface area contributed by atoms with Gasteiger partial charge in [-0.3, -0.25) is 0 Å². The van der Waals surface area contributed by atoms with E-state index < -0.39 is 0 Å². The van der Waals surface area contributed by atoms with Gasteiger partial charge in [0.15, 0.2) is 0 Å². The molecule has 0 saturated carbocycles. The molecule has 0 N–H and O–H groups in total. The second-order valence-electron chi connectivity index (χ2n) is 8.01. The fourth-order valence-electron chi connectivity index (χ4n) is 3.85. The summed E-state index contributed by atoms with van der Waals surface area (Å²) in [5.41, 5.74) is 6.64. The Morgan fingerprint density at radius 2 is 1.54 bits per heavy atom. The van der Waals surface area contributed by atoms with E-state index >= 15 is 0 Å². The average Bonchev–Trinajstić information content (AvgIpc) is 2.59.